The molecule has 44 heavy (non-hydrogen) atoms. The molecule has 0 saturated heterocycles. The van der Waals surface area contributed by atoms with Crippen molar-refractivity contribution < 1.29 is 9.53 Å². The Bertz CT molecular complexity index is 1470. The Morgan fingerprint density at radius 2 is 1.68 bits per heavy atom. The van der Waals surface area contributed by atoms with Gasteiger partial charge in [-0.3, -0.25) is 15.6 Å². The lowest BCUT2D eigenvalue weighted by atomic mass is 10.1. The van der Waals surface area contributed by atoms with E-state index in [4.69, 9.17) is 21.3 Å². The highest BCUT2D eigenvalue weighted by molar-refractivity contribution is 6.31. The summed E-state index contributed by atoms with van der Waals surface area (Å²) in [6.07, 6.45) is 2.28. The summed E-state index contributed by atoms with van der Waals surface area (Å²) in [7, 11) is 3.52. The number of ether oxygens (including phenoxy) is 1. The van der Waals surface area contributed by atoms with Crippen molar-refractivity contribution in [1.29, 1.82) is 0 Å². The monoisotopic (exact) mass is 620 g/mol. The maximum Gasteiger partial charge on any atom is 0.251 e. The molecule has 0 aliphatic carbocycles. The Morgan fingerprint density at radius 1 is 0.955 bits per heavy atom. The van der Waals surface area contributed by atoms with E-state index in [1.54, 1.807) is 7.11 Å². The number of amides is 1. The number of rotatable bonds is 14. The fourth-order valence-electron chi connectivity index (χ4n) is 4.97. The van der Waals surface area contributed by atoms with E-state index in [9.17, 15) is 4.79 Å². The number of hydrazine groups is 1. The van der Waals surface area contributed by atoms with Gasteiger partial charge in [-0.05, 0) is 114 Å². The van der Waals surface area contributed by atoms with Gasteiger partial charge in [-0.1, -0.05) is 37.6 Å². The number of hydrogen-bond donors (Lipinski definition) is 4. The number of carbonyl (C=O) groups is 1. The molecule has 4 aromatic rings. The summed E-state index contributed by atoms with van der Waals surface area (Å²) in [5.74, 6) is 0.808. The highest BCUT2D eigenvalue weighted by atomic mass is 35.5. The molecule has 0 fully saturated rings. The molecule has 0 bridgehead atoms. The average molecular weight is 621 g/mol. The number of hydrogen-bond acceptors (Lipinski definition) is 7. The van der Waals surface area contributed by atoms with Gasteiger partial charge in [0.2, 0.25) is 0 Å². The molecule has 1 unspecified atom stereocenters. The van der Waals surface area contributed by atoms with Crippen LogP contribution in [0, 0.1) is 0 Å². The van der Waals surface area contributed by atoms with Gasteiger partial charge in [-0.25, -0.2) is 4.98 Å². The van der Waals surface area contributed by atoms with Crippen LogP contribution in [0.1, 0.15) is 63.4 Å². The van der Waals surface area contributed by atoms with E-state index in [-0.39, 0.29) is 11.9 Å². The predicted molar refractivity (Wildman–Crippen MR) is 186 cm³/mol. The van der Waals surface area contributed by atoms with Crippen LogP contribution in [0.25, 0.3) is 21.8 Å². The molecule has 9 heteroatoms. The van der Waals surface area contributed by atoms with Gasteiger partial charge in [0.15, 0.2) is 0 Å². The molecule has 238 valence electrons. The summed E-state index contributed by atoms with van der Waals surface area (Å²) in [5, 5.41) is 9.46. The molecule has 1 amide bonds. The second kappa shape index (κ2) is 17.8. The topological polar surface area (TPSA) is 90.6 Å². The smallest absolute Gasteiger partial charge is 0.251 e. The van der Waals surface area contributed by atoms with Crippen LogP contribution in [0.2, 0.25) is 5.02 Å². The number of benzene rings is 3. The first-order valence-electron chi connectivity index (χ1n) is 15.5. The van der Waals surface area contributed by atoms with E-state index < -0.39 is 0 Å². The fourth-order valence-corrected chi connectivity index (χ4v) is 5.13. The fraction of sp³-hybridized carbons (Fsp3) is 0.429. The van der Waals surface area contributed by atoms with Crippen molar-refractivity contribution in [3.8, 4) is 5.75 Å². The number of aromatic nitrogens is 1. The Kier molecular flexibility index (Phi) is 14.1. The van der Waals surface area contributed by atoms with Crippen LogP contribution in [0.5, 0.6) is 5.75 Å². The third kappa shape index (κ3) is 10.3. The number of fused-ring (bicyclic) bond motifs is 2. The van der Waals surface area contributed by atoms with E-state index in [0.717, 1.165) is 71.4 Å². The first-order valence-corrected chi connectivity index (χ1v) is 15.9. The van der Waals surface area contributed by atoms with Crippen LogP contribution in [-0.4, -0.2) is 61.7 Å². The molecular formula is C35H49ClN6O2. The number of methoxy groups -OCH3 is 1. The molecule has 0 saturated carbocycles. The van der Waals surface area contributed by atoms with Crippen molar-refractivity contribution in [3.05, 3.63) is 76.8 Å². The molecule has 0 radical (unpaired) electrons. The van der Waals surface area contributed by atoms with Gasteiger partial charge in [0, 0.05) is 40.0 Å². The van der Waals surface area contributed by atoms with E-state index >= 15 is 0 Å². The Hall–Kier alpha value is -3.43. The molecule has 3 aromatic carbocycles. The van der Waals surface area contributed by atoms with Crippen LogP contribution in [0.4, 0.5) is 5.69 Å². The molecule has 0 aliphatic heterocycles. The van der Waals surface area contributed by atoms with E-state index in [0.29, 0.717) is 16.6 Å². The van der Waals surface area contributed by atoms with Gasteiger partial charge < -0.3 is 20.3 Å². The maximum atomic E-state index is 11.6. The molecule has 0 spiro atoms. The summed E-state index contributed by atoms with van der Waals surface area (Å²) in [6.45, 7) is 14.7. The summed E-state index contributed by atoms with van der Waals surface area (Å²) in [6, 6.07) is 20.0. The molecule has 1 aromatic heterocycles. The first kappa shape index (κ1) is 35.1. The van der Waals surface area contributed by atoms with Crippen molar-refractivity contribution in [2.45, 2.75) is 66.1 Å². The number of anilines is 1. The molecule has 8 nitrogen and oxygen atoms in total. The molecular weight excluding hydrogens is 572 g/mol. The van der Waals surface area contributed by atoms with Crippen molar-refractivity contribution in [2.75, 3.05) is 39.1 Å². The number of halogens is 1. The van der Waals surface area contributed by atoms with Crippen molar-refractivity contribution >= 4 is 45.0 Å². The number of nitrogens with zero attached hydrogens (tertiary/aromatic N) is 2. The lowest BCUT2D eigenvalue weighted by Gasteiger charge is -2.22. The number of pyridine rings is 1. The first-order chi connectivity index (χ1) is 21.2. The third-order valence-electron chi connectivity index (χ3n) is 7.44. The second-order valence-electron chi connectivity index (χ2n) is 11.2. The summed E-state index contributed by atoms with van der Waals surface area (Å²) in [5.41, 5.74) is 10.6. The third-order valence-corrected chi connectivity index (χ3v) is 7.68. The van der Waals surface area contributed by atoms with Crippen molar-refractivity contribution in [3.63, 3.8) is 0 Å². The van der Waals surface area contributed by atoms with Crippen LogP contribution in [-0.2, 0) is 6.54 Å². The maximum absolute atomic E-state index is 11.6. The van der Waals surface area contributed by atoms with Gasteiger partial charge >= 0.3 is 0 Å². The molecule has 0 aliphatic rings. The minimum absolute atomic E-state index is 0.0249. The Balaban J connectivity index is 0.000000281. The molecule has 4 rings (SSSR count). The van der Waals surface area contributed by atoms with Gasteiger partial charge in [0.05, 0.1) is 23.8 Å². The lowest BCUT2D eigenvalue weighted by Crippen LogP contribution is -2.30. The lowest BCUT2D eigenvalue weighted by molar-refractivity contribution is 0.0943. The van der Waals surface area contributed by atoms with Crippen LogP contribution < -0.4 is 26.2 Å². The SMILES string of the molecule is CCN(CC)CCCC(C)Nc1c2ccc(Cl)cc2nc2ccc(OC)cc12.CNNCc1ccc(C(=O)NC(C)C)cc1. The number of carbonyl (C=O) groups excluding carboxylic acids is 1. The summed E-state index contributed by atoms with van der Waals surface area (Å²) in [4.78, 5) is 18.9. The summed E-state index contributed by atoms with van der Waals surface area (Å²) < 4.78 is 5.45. The Morgan fingerprint density at radius 3 is 2.32 bits per heavy atom. The van der Waals surface area contributed by atoms with Gasteiger partial charge in [-0.15, -0.1) is 0 Å². The molecule has 1 atom stereocenters. The number of nitrogens with one attached hydrogen (secondary N) is 4. The quantitative estimate of drug-likeness (QED) is 0.0889. The van der Waals surface area contributed by atoms with Crippen LogP contribution in [0.15, 0.2) is 60.7 Å². The van der Waals surface area contributed by atoms with Gasteiger partial charge in [0.1, 0.15) is 5.75 Å². The van der Waals surface area contributed by atoms with Crippen molar-refractivity contribution in [1.82, 2.24) is 26.1 Å². The normalized spacial score (nSPS) is 11.9. The van der Waals surface area contributed by atoms with Crippen LogP contribution >= 0.6 is 11.6 Å². The van der Waals surface area contributed by atoms with Gasteiger partial charge in [0.25, 0.3) is 5.91 Å². The van der Waals surface area contributed by atoms with Crippen LogP contribution in [0.3, 0.4) is 0 Å². The zero-order valence-corrected chi connectivity index (χ0v) is 28.0. The highest BCUT2D eigenvalue weighted by Gasteiger charge is 2.13. The second-order valence-corrected chi connectivity index (χ2v) is 11.6. The molecule has 4 N–H and O–H groups in total. The molecule has 1 heterocycles. The van der Waals surface area contributed by atoms with E-state index in [2.05, 4.69) is 59.3 Å². The van der Waals surface area contributed by atoms with E-state index in [1.165, 1.54) is 6.42 Å². The zero-order valence-electron chi connectivity index (χ0n) is 27.3. The largest absolute Gasteiger partial charge is 0.497 e. The Labute approximate surface area is 267 Å². The average Bonchev–Trinajstić information content (AvgIpc) is 3.02. The predicted octanol–water partition coefficient (Wildman–Crippen LogP) is 7.02. The zero-order chi connectivity index (χ0) is 32.1. The minimum atomic E-state index is -0.0249. The standard InChI is InChI=1S/C23H30ClN3O.C12H19N3O/c1-5-27(6-2)13-7-8-16(3)25-23-19-11-9-17(24)14-22(19)26-21-12-10-18(28-4)15-20(21)23;1-9(2)15-12(16)11-6-4-10(5-7-11)8-14-13-3/h9-12,14-16H,5-8,13H2,1-4H3,(H,25,26);4-7,9,13-14H,8H2,1-3H3,(H,15,16). The van der Waals surface area contributed by atoms with Crippen molar-refractivity contribution in [2.24, 2.45) is 0 Å². The highest BCUT2D eigenvalue weighted by Crippen LogP contribution is 2.34. The van der Waals surface area contributed by atoms with Gasteiger partial charge in [-0.2, -0.15) is 0 Å². The van der Waals surface area contributed by atoms with E-state index in [1.807, 2.05) is 69.4 Å². The summed E-state index contributed by atoms with van der Waals surface area (Å²) >= 11 is 6.22. The minimum Gasteiger partial charge on any atom is -0.497 e.